The van der Waals surface area contributed by atoms with Crippen LogP contribution in [0.4, 0.5) is 0 Å². The smallest absolute Gasteiger partial charge is 0.0376 e. The summed E-state index contributed by atoms with van der Waals surface area (Å²) in [4.78, 5) is 2.72. The zero-order valence-electron chi connectivity index (χ0n) is 8.09. The lowest BCUT2D eigenvalue weighted by Crippen LogP contribution is -1.79. The second-order valence-corrected chi connectivity index (χ2v) is 3.20. The molecule has 0 amide bonds. The first kappa shape index (κ1) is 9.31. The molecule has 0 aliphatic rings. The molecule has 0 atom stereocenters. The topological polar surface area (TPSA) is 48.8 Å². The predicted molar refractivity (Wildman–Crippen MR) is 62.1 cm³/mol. The molecule has 0 saturated heterocycles. The van der Waals surface area contributed by atoms with Crippen molar-refractivity contribution in [1.82, 2.24) is 0 Å². The minimum absolute atomic E-state index is 0.447. The van der Waals surface area contributed by atoms with E-state index in [-0.39, 0.29) is 0 Å². The average molecular weight is 195 g/mol. The number of hydrogen-bond donors (Lipinski definition) is 0. The highest BCUT2D eigenvalue weighted by molar-refractivity contribution is 5.85. The number of azide groups is 1. The molecule has 0 spiro atoms. The minimum Gasteiger partial charge on any atom is -0.0889 e. The fourth-order valence-corrected chi connectivity index (χ4v) is 1.48. The van der Waals surface area contributed by atoms with E-state index in [1.165, 1.54) is 0 Å². The molecule has 0 N–H and O–H groups in total. The molecule has 0 aliphatic heterocycles. The molecule has 0 bridgehead atoms. The largest absolute Gasteiger partial charge is 0.0889 e. The summed E-state index contributed by atoms with van der Waals surface area (Å²) < 4.78 is 0. The molecule has 72 valence electrons. The van der Waals surface area contributed by atoms with Crippen LogP contribution in [0.25, 0.3) is 26.9 Å². The van der Waals surface area contributed by atoms with Gasteiger partial charge in [0.05, 0.1) is 0 Å². The molecule has 2 rings (SSSR count). The lowest BCUT2D eigenvalue weighted by atomic mass is 10.1. The van der Waals surface area contributed by atoms with Crippen molar-refractivity contribution in [2.75, 3.05) is 0 Å². The molecule has 0 aromatic heterocycles. The van der Waals surface area contributed by atoms with Gasteiger partial charge < -0.3 is 0 Å². The van der Waals surface area contributed by atoms with Gasteiger partial charge in [-0.15, -0.1) is 0 Å². The van der Waals surface area contributed by atoms with Crippen molar-refractivity contribution >= 4 is 16.5 Å². The summed E-state index contributed by atoms with van der Waals surface area (Å²) in [5.74, 6) is 0. The number of fused-ring (bicyclic) bond motifs is 1. The zero-order chi connectivity index (χ0) is 10.7. The van der Waals surface area contributed by atoms with Crippen LogP contribution < -0.4 is 0 Å². The number of nitrogens with zero attached hydrogens (tertiary/aromatic N) is 3. The van der Waals surface area contributed by atoms with Crippen LogP contribution in [0.15, 0.2) is 54.2 Å². The van der Waals surface area contributed by atoms with Crippen LogP contribution in [0.5, 0.6) is 0 Å². The normalized spacial score (nSPS) is 9.60. The molecule has 15 heavy (non-hydrogen) atoms. The molecule has 0 aliphatic carbocycles. The molecule has 0 heterocycles. The summed E-state index contributed by atoms with van der Waals surface area (Å²) >= 11 is 0. The lowest BCUT2D eigenvalue weighted by molar-refractivity contribution is 1.50. The van der Waals surface area contributed by atoms with Gasteiger partial charge >= 0.3 is 0 Å². The second-order valence-electron chi connectivity index (χ2n) is 3.20. The number of rotatable bonds is 2. The Hall–Kier alpha value is -2.25. The standard InChI is InChI=1S/C12H9N3/c1-9(14-15-13)11-7-6-10-4-2-3-5-12(10)8-11/h2-8H,1H2. The van der Waals surface area contributed by atoms with Crippen molar-refractivity contribution < 1.29 is 0 Å². The van der Waals surface area contributed by atoms with Crippen molar-refractivity contribution in [3.05, 3.63) is 65.0 Å². The van der Waals surface area contributed by atoms with Crippen molar-refractivity contribution in [1.29, 1.82) is 0 Å². The van der Waals surface area contributed by atoms with Gasteiger partial charge in [-0.2, -0.15) is 0 Å². The third kappa shape index (κ3) is 1.82. The van der Waals surface area contributed by atoms with E-state index in [1.54, 1.807) is 0 Å². The first-order chi connectivity index (χ1) is 7.31. The van der Waals surface area contributed by atoms with E-state index < -0.39 is 0 Å². The van der Waals surface area contributed by atoms with Crippen LogP contribution in [-0.2, 0) is 0 Å². The Morgan fingerprint density at radius 2 is 1.87 bits per heavy atom. The minimum atomic E-state index is 0.447. The van der Waals surface area contributed by atoms with Crippen molar-refractivity contribution in [3.8, 4) is 0 Å². The number of benzene rings is 2. The molecule has 0 saturated carbocycles. The fourth-order valence-electron chi connectivity index (χ4n) is 1.48. The Labute approximate surface area is 87.3 Å². The average Bonchev–Trinajstić information content (AvgIpc) is 2.29. The Morgan fingerprint density at radius 1 is 1.13 bits per heavy atom. The maximum absolute atomic E-state index is 8.31. The zero-order valence-corrected chi connectivity index (χ0v) is 8.09. The van der Waals surface area contributed by atoms with E-state index in [4.69, 9.17) is 5.53 Å². The molecule has 2 aromatic rings. The van der Waals surface area contributed by atoms with Gasteiger partial charge in [-0.3, -0.25) is 0 Å². The van der Waals surface area contributed by atoms with Crippen LogP contribution in [-0.4, -0.2) is 0 Å². The maximum atomic E-state index is 8.31. The Morgan fingerprint density at radius 3 is 2.60 bits per heavy atom. The fraction of sp³-hybridized carbons (Fsp3) is 0. The first-order valence-corrected chi connectivity index (χ1v) is 4.54. The monoisotopic (exact) mass is 195 g/mol. The quantitative estimate of drug-likeness (QED) is 0.393. The second kappa shape index (κ2) is 3.86. The van der Waals surface area contributed by atoms with Crippen LogP contribution in [0.1, 0.15) is 5.56 Å². The summed E-state index contributed by atoms with van der Waals surface area (Å²) in [7, 11) is 0. The van der Waals surface area contributed by atoms with Gasteiger partial charge in [-0.1, -0.05) is 48.1 Å². The van der Waals surface area contributed by atoms with Gasteiger partial charge in [0.15, 0.2) is 0 Å². The van der Waals surface area contributed by atoms with Gasteiger partial charge in [0.2, 0.25) is 0 Å². The molecule has 0 fully saturated rings. The van der Waals surface area contributed by atoms with E-state index in [0.29, 0.717) is 5.70 Å². The molecule has 2 aromatic carbocycles. The summed E-state index contributed by atoms with van der Waals surface area (Å²) in [6.07, 6.45) is 0. The first-order valence-electron chi connectivity index (χ1n) is 4.54. The third-order valence-electron chi connectivity index (χ3n) is 2.25. The van der Waals surface area contributed by atoms with Crippen LogP contribution in [0.2, 0.25) is 0 Å². The van der Waals surface area contributed by atoms with Crippen molar-refractivity contribution in [3.63, 3.8) is 0 Å². The predicted octanol–water partition coefficient (Wildman–Crippen LogP) is 4.12. The van der Waals surface area contributed by atoms with E-state index in [1.807, 2.05) is 42.5 Å². The van der Waals surface area contributed by atoms with Crippen molar-refractivity contribution in [2.24, 2.45) is 5.11 Å². The van der Waals surface area contributed by atoms with E-state index in [0.717, 1.165) is 16.3 Å². The third-order valence-corrected chi connectivity index (χ3v) is 2.25. The molecule has 3 heteroatoms. The highest BCUT2D eigenvalue weighted by atomic mass is 15.1. The van der Waals surface area contributed by atoms with E-state index in [2.05, 4.69) is 16.6 Å². The molecule has 3 nitrogen and oxygen atoms in total. The van der Waals surface area contributed by atoms with Crippen LogP contribution in [0.3, 0.4) is 0 Å². The van der Waals surface area contributed by atoms with Gasteiger partial charge in [-0.05, 0) is 27.9 Å². The van der Waals surface area contributed by atoms with Gasteiger partial charge in [0.1, 0.15) is 0 Å². The van der Waals surface area contributed by atoms with E-state index >= 15 is 0 Å². The highest BCUT2D eigenvalue weighted by Crippen LogP contribution is 2.20. The Balaban J connectivity index is 2.56. The van der Waals surface area contributed by atoms with Gasteiger partial charge in [0.25, 0.3) is 0 Å². The highest BCUT2D eigenvalue weighted by Gasteiger charge is 1.97. The summed E-state index contributed by atoms with van der Waals surface area (Å²) in [5.41, 5.74) is 9.61. The SMILES string of the molecule is C=C(N=[N+]=[N-])c1ccc2ccccc2c1. The summed E-state index contributed by atoms with van der Waals surface area (Å²) in [6, 6.07) is 13.9. The summed E-state index contributed by atoms with van der Waals surface area (Å²) in [5, 5.41) is 5.76. The van der Waals surface area contributed by atoms with Crippen molar-refractivity contribution in [2.45, 2.75) is 0 Å². The molecular weight excluding hydrogens is 186 g/mol. The summed E-state index contributed by atoms with van der Waals surface area (Å²) in [6.45, 7) is 3.70. The molecular formula is C12H9N3. The maximum Gasteiger partial charge on any atom is 0.0376 e. The van der Waals surface area contributed by atoms with Crippen LogP contribution >= 0.6 is 0 Å². The Kier molecular flexibility index (Phi) is 2.40. The van der Waals surface area contributed by atoms with Gasteiger partial charge in [-0.25, -0.2) is 0 Å². The van der Waals surface area contributed by atoms with Crippen LogP contribution in [0, 0.1) is 0 Å². The number of hydrogen-bond acceptors (Lipinski definition) is 1. The molecule has 0 radical (unpaired) electrons. The molecule has 0 unspecified atom stereocenters. The lowest BCUT2D eigenvalue weighted by Gasteiger charge is -2.01. The van der Waals surface area contributed by atoms with Gasteiger partial charge in [0, 0.05) is 10.6 Å². The van der Waals surface area contributed by atoms with E-state index in [9.17, 15) is 0 Å². The Bertz CT molecular complexity index is 566.